The van der Waals surface area contributed by atoms with Gasteiger partial charge in [-0.05, 0) is 39.5 Å². The molecule has 16 heavy (non-hydrogen) atoms. The standard InChI is InChI=1S/C11H23NO3S/c1-11(2,12)9-16(13,14)8-4-6-10-5-3-7-15-10/h10H,3-9,12H2,1-2H3. The minimum absolute atomic E-state index is 0.0610. The van der Waals surface area contributed by atoms with Gasteiger partial charge in [-0.1, -0.05) is 0 Å². The molecular formula is C11H23NO3S. The van der Waals surface area contributed by atoms with E-state index in [1.165, 1.54) is 0 Å². The molecule has 0 aromatic carbocycles. The van der Waals surface area contributed by atoms with E-state index in [0.717, 1.165) is 25.9 Å². The van der Waals surface area contributed by atoms with E-state index >= 15 is 0 Å². The number of hydrogen-bond acceptors (Lipinski definition) is 4. The van der Waals surface area contributed by atoms with Gasteiger partial charge >= 0.3 is 0 Å². The number of hydrogen-bond donors (Lipinski definition) is 1. The summed E-state index contributed by atoms with van der Waals surface area (Å²) in [4.78, 5) is 0. The third-order valence-corrected chi connectivity index (χ3v) is 4.69. The van der Waals surface area contributed by atoms with Gasteiger partial charge in [-0.2, -0.15) is 0 Å². The summed E-state index contributed by atoms with van der Waals surface area (Å²) < 4.78 is 28.8. The average molecular weight is 249 g/mol. The molecule has 1 atom stereocenters. The molecule has 0 saturated carbocycles. The van der Waals surface area contributed by atoms with Crippen molar-refractivity contribution < 1.29 is 13.2 Å². The SMILES string of the molecule is CC(C)(N)CS(=O)(=O)CCCC1CCCO1. The molecule has 1 aliphatic rings. The van der Waals surface area contributed by atoms with Gasteiger partial charge in [0.05, 0.1) is 17.6 Å². The lowest BCUT2D eigenvalue weighted by Crippen LogP contribution is -2.40. The second-order valence-electron chi connectivity index (χ2n) is 5.36. The maximum Gasteiger partial charge on any atom is 0.152 e. The van der Waals surface area contributed by atoms with Gasteiger partial charge in [0.25, 0.3) is 0 Å². The highest BCUT2D eigenvalue weighted by Crippen LogP contribution is 2.17. The third-order valence-electron chi connectivity index (χ3n) is 2.60. The molecule has 0 aromatic rings. The monoisotopic (exact) mass is 249 g/mol. The summed E-state index contributed by atoms with van der Waals surface area (Å²) in [5.41, 5.74) is 5.08. The molecule has 96 valence electrons. The highest BCUT2D eigenvalue weighted by atomic mass is 32.2. The number of nitrogens with two attached hydrogens (primary N) is 1. The minimum Gasteiger partial charge on any atom is -0.378 e. The Kier molecular flexibility index (Phi) is 4.76. The quantitative estimate of drug-likeness (QED) is 0.765. The molecular weight excluding hydrogens is 226 g/mol. The van der Waals surface area contributed by atoms with Crippen molar-refractivity contribution in [2.45, 2.75) is 51.2 Å². The third kappa shape index (κ3) is 5.82. The zero-order valence-corrected chi connectivity index (χ0v) is 11.1. The van der Waals surface area contributed by atoms with Gasteiger partial charge in [0.15, 0.2) is 9.84 Å². The van der Waals surface area contributed by atoms with Crippen molar-refractivity contribution in [1.82, 2.24) is 0 Å². The maximum atomic E-state index is 11.7. The van der Waals surface area contributed by atoms with E-state index in [0.29, 0.717) is 6.42 Å². The first-order valence-electron chi connectivity index (χ1n) is 5.89. The van der Waals surface area contributed by atoms with E-state index in [1.54, 1.807) is 13.8 Å². The molecule has 1 rings (SSSR count). The molecule has 0 radical (unpaired) electrons. The summed E-state index contributed by atoms with van der Waals surface area (Å²) in [6, 6.07) is 0. The van der Waals surface area contributed by atoms with Crippen molar-refractivity contribution in [2.24, 2.45) is 5.73 Å². The van der Waals surface area contributed by atoms with Crippen LogP contribution in [0.5, 0.6) is 0 Å². The van der Waals surface area contributed by atoms with Crippen molar-refractivity contribution in [2.75, 3.05) is 18.1 Å². The van der Waals surface area contributed by atoms with Crippen LogP contribution in [0.4, 0.5) is 0 Å². The van der Waals surface area contributed by atoms with Gasteiger partial charge in [0.2, 0.25) is 0 Å². The van der Waals surface area contributed by atoms with E-state index in [4.69, 9.17) is 10.5 Å². The van der Waals surface area contributed by atoms with Crippen molar-refractivity contribution >= 4 is 9.84 Å². The van der Waals surface area contributed by atoms with Crippen LogP contribution in [-0.2, 0) is 14.6 Å². The second-order valence-corrected chi connectivity index (χ2v) is 7.54. The Hall–Kier alpha value is -0.130. The molecule has 0 spiro atoms. The van der Waals surface area contributed by atoms with Crippen LogP contribution in [0.1, 0.15) is 39.5 Å². The van der Waals surface area contributed by atoms with E-state index in [9.17, 15) is 8.42 Å². The summed E-state index contributed by atoms with van der Waals surface area (Å²) in [6.45, 7) is 4.31. The van der Waals surface area contributed by atoms with Crippen molar-refractivity contribution in [3.05, 3.63) is 0 Å². The van der Waals surface area contributed by atoms with Crippen LogP contribution in [0, 0.1) is 0 Å². The summed E-state index contributed by atoms with van der Waals surface area (Å²) in [5.74, 6) is 0.291. The lowest BCUT2D eigenvalue weighted by atomic mass is 10.1. The highest BCUT2D eigenvalue weighted by Gasteiger charge is 2.22. The first-order chi connectivity index (χ1) is 7.29. The normalized spacial score (nSPS) is 22.6. The summed E-state index contributed by atoms with van der Waals surface area (Å²) in [5, 5.41) is 0. The topological polar surface area (TPSA) is 69.4 Å². The van der Waals surface area contributed by atoms with Crippen LogP contribution in [-0.4, -0.2) is 38.2 Å². The van der Waals surface area contributed by atoms with Crippen LogP contribution in [0.25, 0.3) is 0 Å². The molecule has 5 heteroatoms. The number of rotatable bonds is 6. The summed E-state index contributed by atoms with van der Waals surface area (Å²) >= 11 is 0. The maximum absolute atomic E-state index is 11.7. The van der Waals surface area contributed by atoms with Crippen molar-refractivity contribution in [3.8, 4) is 0 Å². The Morgan fingerprint density at radius 2 is 2.12 bits per heavy atom. The molecule has 1 heterocycles. The lowest BCUT2D eigenvalue weighted by Gasteiger charge is -2.18. The lowest BCUT2D eigenvalue weighted by molar-refractivity contribution is 0.104. The molecule has 1 unspecified atom stereocenters. The van der Waals surface area contributed by atoms with Crippen LogP contribution in [0.2, 0.25) is 0 Å². The molecule has 0 aliphatic carbocycles. The van der Waals surface area contributed by atoms with Gasteiger partial charge in [0, 0.05) is 12.1 Å². The molecule has 1 aliphatic heterocycles. The molecule has 1 saturated heterocycles. The Morgan fingerprint density at radius 1 is 1.44 bits per heavy atom. The number of sulfone groups is 1. The minimum atomic E-state index is -3.01. The average Bonchev–Trinajstić information content (AvgIpc) is 2.51. The zero-order chi connectivity index (χ0) is 12.2. The van der Waals surface area contributed by atoms with Crippen LogP contribution >= 0.6 is 0 Å². The Bertz CT molecular complexity index is 300. The van der Waals surface area contributed by atoms with Crippen LogP contribution in [0.3, 0.4) is 0 Å². The van der Waals surface area contributed by atoms with Crippen molar-refractivity contribution in [3.63, 3.8) is 0 Å². The predicted octanol–water partition coefficient (Wildman–Crippen LogP) is 1.10. The molecule has 2 N–H and O–H groups in total. The van der Waals surface area contributed by atoms with Crippen LogP contribution in [0.15, 0.2) is 0 Å². The largest absolute Gasteiger partial charge is 0.378 e. The Labute approximate surface area is 98.5 Å². The van der Waals surface area contributed by atoms with Crippen LogP contribution < -0.4 is 5.73 Å². The van der Waals surface area contributed by atoms with Gasteiger partial charge in [0.1, 0.15) is 0 Å². The fourth-order valence-corrected chi connectivity index (χ4v) is 3.93. The smallest absolute Gasteiger partial charge is 0.152 e. The summed E-state index contributed by atoms with van der Waals surface area (Å²) in [6.07, 6.45) is 3.99. The highest BCUT2D eigenvalue weighted by molar-refractivity contribution is 7.91. The van der Waals surface area contributed by atoms with Crippen molar-refractivity contribution in [1.29, 1.82) is 0 Å². The van der Waals surface area contributed by atoms with Gasteiger partial charge in [-0.3, -0.25) is 0 Å². The fourth-order valence-electron chi connectivity index (χ4n) is 2.04. The first-order valence-corrected chi connectivity index (χ1v) is 7.72. The van der Waals surface area contributed by atoms with E-state index in [1.807, 2.05) is 0 Å². The van der Waals surface area contributed by atoms with Gasteiger partial charge in [-0.25, -0.2) is 8.42 Å². The van der Waals surface area contributed by atoms with E-state index in [-0.39, 0.29) is 17.6 Å². The molecule has 0 aromatic heterocycles. The Balaban J connectivity index is 2.25. The molecule has 0 amide bonds. The van der Waals surface area contributed by atoms with E-state index in [2.05, 4.69) is 0 Å². The number of ether oxygens (including phenoxy) is 1. The molecule has 0 bridgehead atoms. The molecule has 1 fully saturated rings. The van der Waals surface area contributed by atoms with Gasteiger partial charge in [-0.15, -0.1) is 0 Å². The Morgan fingerprint density at radius 3 is 2.62 bits per heavy atom. The molecule has 4 nitrogen and oxygen atoms in total. The predicted molar refractivity (Wildman–Crippen MR) is 65.1 cm³/mol. The first kappa shape index (κ1) is 13.9. The zero-order valence-electron chi connectivity index (χ0n) is 10.2. The second kappa shape index (κ2) is 5.47. The van der Waals surface area contributed by atoms with Gasteiger partial charge < -0.3 is 10.5 Å². The van der Waals surface area contributed by atoms with E-state index < -0.39 is 15.4 Å². The fraction of sp³-hybridized carbons (Fsp3) is 1.00. The summed E-state index contributed by atoms with van der Waals surface area (Å²) in [7, 11) is -3.01.